The first kappa shape index (κ1) is 14.0. The molecule has 2 atom stereocenters. The average molecular weight is 280 g/mol. The third-order valence-corrected chi connectivity index (χ3v) is 3.06. The summed E-state index contributed by atoms with van der Waals surface area (Å²) in [6.45, 7) is 3.88. The Morgan fingerprint density at radius 2 is 1.16 bits per heavy atom. The van der Waals surface area contributed by atoms with Gasteiger partial charge in [-0.1, -0.05) is 0 Å². The molecule has 1 heterocycles. The summed E-state index contributed by atoms with van der Waals surface area (Å²) in [6.07, 6.45) is 0. The van der Waals surface area contributed by atoms with Crippen molar-refractivity contribution in [2.24, 2.45) is 0 Å². The number of hydrogen-bond acceptors (Lipinski definition) is 2. The Hall–Kier alpha value is -1.37. The van der Waals surface area contributed by atoms with E-state index < -0.39 is 34.8 Å². The van der Waals surface area contributed by atoms with Crippen molar-refractivity contribution >= 4 is 5.69 Å². The molecule has 0 spiro atoms. The van der Waals surface area contributed by atoms with Crippen molar-refractivity contribution in [2.45, 2.75) is 25.9 Å². The van der Waals surface area contributed by atoms with E-state index in [0.29, 0.717) is 0 Å². The first-order chi connectivity index (χ1) is 8.82. The van der Waals surface area contributed by atoms with E-state index in [1.54, 1.807) is 13.8 Å². The molecule has 1 saturated heterocycles. The highest BCUT2D eigenvalue weighted by molar-refractivity contribution is 5.51. The number of hydrogen-bond donors (Lipinski definition) is 1. The maximum absolute atomic E-state index is 13.7. The van der Waals surface area contributed by atoms with Crippen LogP contribution in [-0.4, -0.2) is 25.2 Å². The number of rotatable bonds is 1. The summed E-state index contributed by atoms with van der Waals surface area (Å²) in [5, 5.41) is 3.11. The molecule has 19 heavy (non-hydrogen) atoms. The lowest BCUT2D eigenvalue weighted by Crippen LogP contribution is -2.54. The van der Waals surface area contributed by atoms with Crippen molar-refractivity contribution in [3.63, 3.8) is 0 Å². The fourth-order valence-electron chi connectivity index (χ4n) is 2.38. The van der Waals surface area contributed by atoms with Crippen LogP contribution in [0.5, 0.6) is 0 Å². The van der Waals surface area contributed by atoms with Crippen LogP contribution in [0.4, 0.5) is 27.6 Å². The molecule has 2 unspecified atom stereocenters. The molecular formula is C12H13F5N2. The Morgan fingerprint density at radius 3 is 1.58 bits per heavy atom. The van der Waals surface area contributed by atoms with E-state index in [-0.39, 0.29) is 25.2 Å². The number of anilines is 1. The van der Waals surface area contributed by atoms with Crippen molar-refractivity contribution in [1.82, 2.24) is 5.32 Å². The summed E-state index contributed by atoms with van der Waals surface area (Å²) in [5.41, 5.74) is -0.850. The van der Waals surface area contributed by atoms with Crippen LogP contribution in [0.1, 0.15) is 13.8 Å². The molecule has 0 radical (unpaired) electrons. The van der Waals surface area contributed by atoms with Gasteiger partial charge in [0.15, 0.2) is 23.3 Å². The Kier molecular flexibility index (Phi) is 3.66. The fraction of sp³-hybridized carbons (Fsp3) is 0.500. The average Bonchev–Trinajstić information content (AvgIpc) is 2.33. The van der Waals surface area contributed by atoms with Gasteiger partial charge in [-0.05, 0) is 13.8 Å². The van der Waals surface area contributed by atoms with Crippen LogP contribution >= 0.6 is 0 Å². The summed E-state index contributed by atoms with van der Waals surface area (Å²) in [6, 6.07) is -0.225. The second kappa shape index (κ2) is 4.96. The second-order valence-corrected chi connectivity index (χ2v) is 4.79. The van der Waals surface area contributed by atoms with Gasteiger partial charge in [0.2, 0.25) is 5.82 Å². The summed E-state index contributed by atoms with van der Waals surface area (Å²) in [5.74, 6) is -9.51. The van der Waals surface area contributed by atoms with Crippen molar-refractivity contribution in [3.8, 4) is 0 Å². The third kappa shape index (κ3) is 2.39. The van der Waals surface area contributed by atoms with Crippen LogP contribution in [0, 0.1) is 29.1 Å². The van der Waals surface area contributed by atoms with E-state index in [9.17, 15) is 22.0 Å². The van der Waals surface area contributed by atoms with E-state index >= 15 is 0 Å². The minimum absolute atomic E-state index is 0.112. The monoisotopic (exact) mass is 280 g/mol. The summed E-state index contributed by atoms with van der Waals surface area (Å²) in [4.78, 5) is 1.18. The summed E-state index contributed by atoms with van der Waals surface area (Å²) >= 11 is 0. The molecule has 0 aliphatic carbocycles. The Balaban J connectivity index is 2.50. The van der Waals surface area contributed by atoms with Gasteiger partial charge in [0.25, 0.3) is 0 Å². The number of benzene rings is 1. The zero-order chi connectivity index (χ0) is 14.3. The lowest BCUT2D eigenvalue weighted by Gasteiger charge is -2.37. The summed E-state index contributed by atoms with van der Waals surface area (Å²) < 4.78 is 66.6. The van der Waals surface area contributed by atoms with Gasteiger partial charge in [-0.3, -0.25) is 0 Å². The largest absolute Gasteiger partial charge is 0.364 e. The molecule has 1 aliphatic rings. The van der Waals surface area contributed by atoms with Crippen LogP contribution in [0.2, 0.25) is 0 Å². The van der Waals surface area contributed by atoms with Crippen molar-refractivity contribution < 1.29 is 22.0 Å². The van der Waals surface area contributed by atoms with Gasteiger partial charge < -0.3 is 10.2 Å². The second-order valence-electron chi connectivity index (χ2n) is 4.79. The molecule has 106 valence electrons. The Labute approximate surface area is 107 Å². The first-order valence-electron chi connectivity index (χ1n) is 5.85. The number of halogens is 5. The Morgan fingerprint density at radius 1 is 0.789 bits per heavy atom. The van der Waals surface area contributed by atoms with E-state index in [1.807, 2.05) is 0 Å². The maximum Gasteiger partial charge on any atom is 0.200 e. The molecular weight excluding hydrogens is 267 g/mol. The lowest BCUT2D eigenvalue weighted by atomic mass is 10.1. The quantitative estimate of drug-likeness (QED) is 0.483. The minimum Gasteiger partial charge on any atom is -0.364 e. The van der Waals surface area contributed by atoms with Crippen molar-refractivity contribution in [2.75, 3.05) is 18.0 Å². The normalized spacial score (nSPS) is 23.8. The molecule has 1 aliphatic heterocycles. The lowest BCUT2D eigenvalue weighted by molar-refractivity contribution is 0.364. The molecule has 7 heteroatoms. The Bertz CT molecular complexity index is 466. The zero-order valence-electron chi connectivity index (χ0n) is 10.4. The predicted octanol–water partition coefficient (Wildman–Crippen LogP) is 2.57. The van der Waals surface area contributed by atoms with Gasteiger partial charge in [0, 0.05) is 25.2 Å². The molecule has 1 aromatic rings. The summed E-state index contributed by atoms with van der Waals surface area (Å²) in [7, 11) is 0. The molecule has 1 aromatic carbocycles. The molecule has 2 nitrogen and oxygen atoms in total. The highest BCUT2D eigenvalue weighted by Gasteiger charge is 2.32. The first-order valence-corrected chi connectivity index (χ1v) is 5.85. The number of nitrogens with zero attached hydrogens (tertiary/aromatic N) is 1. The van der Waals surface area contributed by atoms with Gasteiger partial charge >= 0.3 is 0 Å². The van der Waals surface area contributed by atoms with Crippen molar-refractivity contribution in [3.05, 3.63) is 29.1 Å². The molecule has 0 aromatic heterocycles. The maximum atomic E-state index is 13.7. The fourth-order valence-corrected chi connectivity index (χ4v) is 2.38. The molecule has 1 fully saturated rings. The standard InChI is InChI=1S/C12H13F5N2/c1-5-3-19(4-6(2)18-5)12-10(16)8(14)7(13)9(15)11(12)17/h5-6,18H,3-4H2,1-2H3. The van der Waals surface area contributed by atoms with Crippen LogP contribution in [-0.2, 0) is 0 Å². The highest BCUT2D eigenvalue weighted by Crippen LogP contribution is 2.31. The van der Waals surface area contributed by atoms with Gasteiger partial charge in [-0.25, -0.2) is 22.0 Å². The van der Waals surface area contributed by atoms with Crippen LogP contribution < -0.4 is 10.2 Å². The number of nitrogens with one attached hydrogen (secondary N) is 1. The third-order valence-electron chi connectivity index (χ3n) is 3.06. The predicted molar refractivity (Wildman–Crippen MR) is 60.5 cm³/mol. The van der Waals surface area contributed by atoms with Gasteiger partial charge in [-0.2, -0.15) is 0 Å². The smallest absolute Gasteiger partial charge is 0.200 e. The zero-order valence-corrected chi connectivity index (χ0v) is 10.4. The minimum atomic E-state index is -2.13. The van der Waals surface area contributed by atoms with E-state index in [1.165, 1.54) is 4.90 Å². The van der Waals surface area contributed by atoms with Crippen LogP contribution in [0.25, 0.3) is 0 Å². The van der Waals surface area contributed by atoms with Gasteiger partial charge in [-0.15, -0.1) is 0 Å². The van der Waals surface area contributed by atoms with Crippen LogP contribution in [0.3, 0.4) is 0 Å². The van der Waals surface area contributed by atoms with Crippen molar-refractivity contribution in [1.29, 1.82) is 0 Å². The molecule has 0 bridgehead atoms. The van der Waals surface area contributed by atoms with Crippen LogP contribution in [0.15, 0.2) is 0 Å². The molecule has 0 amide bonds. The highest BCUT2D eigenvalue weighted by atomic mass is 19.2. The van der Waals surface area contributed by atoms with E-state index in [4.69, 9.17) is 0 Å². The van der Waals surface area contributed by atoms with Gasteiger partial charge in [0.1, 0.15) is 5.69 Å². The SMILES string of the molecule is CC1CN(c2c(F)c(F)c(F)c(F)c2F)CC(C)N1. The molecule has 2 rings (SSSR count). The number of piperazine rings is 1. The molecule has 1 N–H and O–H groups in total. The molecule has 0 saturated carbocycles. The topological polar surface area (TPSA) is 15.3 Å². The van der Waals surface area contributed by atoms with E-state index in [0.717, 1.165) is 0 Å². The van der Waals surface area contributed by atoms with Gasteiger partial charge in [0.05, 0.1) is 0 Å². The van der Waals surface area contributed by atoms with E-state index in [2.05, 4.69) is 5.32 Å².